The molecule has 0 amide bonds. The number of aryl methyl sites for hydroxylation is 1. The molecule has 10 heteroatoms. The zero-order valence-corrected chi connectivity index (χ0v) is 19.3. The van der Waals surface area contributed by atoms with Gasteiger partial charge in [0.15, 0.2) is 0 Å². The van der Waals surface area contributed by atoms with E-state index < -0.39 is 0 Å². The molecule has 0 saturated heterocycles. The second-order valence-corrected chi connectivity index (χ2v) is 7.33. The van der Waals surface area contributed by atoms with Gasteiger partial charge in [-0.2, -0.15) is 15.2 Å². The maximum absolute atomic E-state index is 5.94. The lowest BCUT2D eigenvalue weighted by atomic mass is 10.1. The van der Waals surface area contributed by atoms with Crippen molar-refractivity contribution in [1.29, 1.82) is 0 Å². The third-order valence-corrected chi connectivity index (χ3v) is 5.12. The Morgan fingerprint density at radius 3 is 2.71 bits per heavy atom. The van der Waals surface area contributed by atoms with Crippen LogP contribution in [0, 0.1) is 0 Å². The molecule has 4 aromatic rings. The number of hydrogen-bond acceptors (Lipinski definition) is 8. The van der Waals surface area contributed by atoms with Gasteiger partial charge in [0.1, 0.15) is 24.4 Å². The summed E-state index contributed by atoms with van der Waals surface area (Å²) in [6.07, 6.45) is 3.31. The molecule has 4 rings (SSSR count). The Morgan fingerprint density at radius 1 is 1.18 bits per heavy atom. The van der Waals surface area contributed by atoms with Crippen LogP contribution >= 0.6 is 0 Å². The molecule has 0 aliphatic carbocycles. The van der Waals surface area contributed by atoms with Gasteiger partial charge in [-0.05, 0) is 17.7 Å². The number of aromatic nitrogens is 4. The van der Waals surface area contributed by atoms with Gasteiger partial charge in [0.25, 0.3) is 5.89 Å². The van der Waals surface area contributed by atoms with Crippen LogP contribution in [0.25, 0.3) is 22.8 Å². The van der Waals surface area contributed by atoms with Gasteiger partial charge in [0.05, 0.1) is 31.1 Å². The van der Waals surface area contributed by atoms with E-state index in [-0.39, 0.29) is 6.61 Å². The Kier molecular flexibility index (Phi) is 6.97. The van der Waals surface area contributed by atoms with E-state index in [1.165, 1.54) is 0 Å². The lowest BCUT2D eigenvalue weighted by Crippen LogP contribution is -2.13. The molecule has 0 aliphatic heterocycles. The highest BCUT2D eigenvalue weighted by Gasteiger charge is 2.18. The Labute approximate surface area is 197 Å². The first kappa shape index (κ1) is 22.7. The fourth-order valence-corrected chi connectivity index (χ4v) is 3.31. The monoisotopic (exact) mass is 459 g/mol. The number of hydrogen-bond donors (Lipinski definition) is 0. The molecule has 34 heavy (non-hydrogen) atoms. The van der Waals surface area contributed by atoms with Gasteiger partial charge >= 0.3 is 0 Å². The molecule has 0 spiro atoms. The average Bonchev–Trinajstić information content (AvgIpc) is 3.49. The van der Waals surface area contributed by atoms with Crippen LogP contribution in [-0.4, -0.2) is 52.1 Å². The maximum Gasteiger partial charge on any atom is 0.261 e. The smallest absolute Gasteiger partial charge is 0.261 e. The number of methoxy groups -OCH3 is 1. The normalized spacial score (nSPS) is 11.0. The quantitative estimate of drug-likeness (QED) is 0.202. The Bertz CT molecular complexity index is 1280. The fraction of sp³-hybridized carbons (Fsp3) is 0.208. The van der Waals surface area contributed by atoms with Crippen molar-refractivity contribution in [1.82, 2.24) is 24.9 Å². The van der Waals surface area contributed by atoms with E-state index in [4.69, 9.17) is 14.0 Å². The van der Waals surface area contributed by atoms with Crippen molar-refractivity contribution < 1.29 is 14.0 Å². The van der Waals surface area contributed by atoms with E-state index in [0.717, 1.165) is 22.6 Å². The fourth-order valence-electron chi connectivity index (χ4n) is 3.31. The largest absolute Gasteiger partial charge is 0.497 e. The minimum Gasteiger partial charge on any atom is -0.497 e. The topological polar surface area (TPSA) is 103 Å². The van der Waals surface area contributed by atoms with Crippen LogP contribution < -0.4 is 9.47 Å². The van der Waals surface area contributed by atoms with Crippen molar-refractivity contribution in [2.24, 2.45) is 17.1 Å². The van der Waals surface area contributed by atoms with E-state index in [2.05, 4.69) is 32.1 Å². The van der Waals surface area contributed by atoms with Crippen molar-refractivity contribution in [2.75, 3.05) is 14.2 Å². The Hall–Kier alpha value is -4.47. The maximum atomic E-state index is 5.94. The van der Waals surface area contributed by atoms with E-state index >= 15 is 0 Å². The van der Waals surface area contributed by atoms with Crippen LogP contribution in [0.3, 0.4) is 0 Å². The van der Waals surface area contributed by atoms with Gasteiger partial charge in [0.2, 0.25) is 5.82 Å². The molecule has 0 N–H and O–H groups in total. The molecule has 0 fully saturated rings. The Morgan fingerprint density at radius 2 is 1.97 bits per heavy atom. The van der Waals surface area contributed by atoms with E-state index in [1.807, 2.05) is 55.6 Å². The molecule has 2 aromatic carbocycles. The van der Waals surface area contributed by atoms with Crippen LogP contribution in [0.2, 0.25) is 0 Å². The predicted molar refractivity (Wildman–Crippen MR) is 129 cm³/mol. The van der Waals surface area contributed by atoms with Crippen molar-refractivity contribution >= 4 is 13.1 Å². The van der Waals surface area contributed by atoms with Crippen molar-refractivity contribution in [3.8, 4) is 34.3 Å². The molecule has 174 valence electrons. The van der Waals surface area contributed by atoms with Crippen LogP contribution in [0.5, 0.6) is 11.5 Å². The van der Waals surface area contributed by atoms with E-state index in [1.54, 1.807) is 36.4 Å². The molecule has 0 bridgehead atoms. The van der Waals surface area contributed by atoms with Gasteiger partial charge in [-0.25, -0.2) is 0 Å². The first-order valence-corrected chi connectivity index (χ1v) is 10.5. The summed E-state index contributed by atoms with van der Waals surface area (Å²) in [5.74, 6) is 2.27. The third-order valence-electron chi connectivity index (χ3n) is 5.12. The first-order valence-electron chi connectivity index (χ1n) is 10.5. The van der Waals surface area contributed by atoms with Crippen LogP contribution in [0.15, 0.2) is 69.3 Å². The first-order chi connectivity index (χ1) is 16.6. The van der Waals surface area contributed by atoms with E-state index in [9.17, 15) is 0 Å². The molecule has 2 aromatic heterocycles. The van der Waals surface area contributed by atoms with Crippen LogP contribution in [0.1, 0.15) is 11.3 Å². The number of aliphatic imine (C=N–C) groups is 1. The molecule has 0 atom stereocenters. The minimum absolute atomic E-state index is 0.278. The standard InChI is InChI=1S/C24H25N7O3/c1-25-16-31(26-2)14-17-8-10-18(11-9-17)23-28-24(34-29-23)21-13-27-30(3)22(21)15-33-20-7-5-6-19(12-20)32-4/h5-13,16H,2,14-15H2,1,3-4H3. The molecule has 0 saturated carbocycles. The lowest BCUT2D eigenvalue weighted by Gasteiger charge is -2.12. The number of hydrazone groups is 1. The number of benzene rings is 2. The summed E-state index contributed by atoms with van der Waals surface area (Å²) >= 11 is 0. The second kappa shape index (κ2) is 10.4. The number of rotatable bonds is 10. The third kappa shape index (κ3) is 5.12. The zero-order valence-electron chi connectivity index (χ0n) is 19.3. The number of nitrogens with zero attached hydrogens (tertiary/aromatic N) is 7. The molecule has 0 unspecified atom stereocenters. The van der Waals surface area contributed by atoms with Crippen molar-refractivity contribution in [3.05, 3.63) is 66.0 Å². The molecular weight excluding hydrogens is 434 g/mol. The summed E-state index contributed by atoms with van der Waals surface area (Å²) in [6.45, 7) is 4.39. The van der Waals surface area contributed by atoms with Crippen molar-refractivity contribution in [2.45, 2.75) is 13.2 Å². The van der Waals surface area contributed by atoms with Gasteiger partial charge < -0.3 is 14.0 Å². The highest BCUT2D eigenvalue weighted by atomic mass is 16.5. The van der Waals surface area contributed by atoms with Crippen LogP contribution in [0.4, 0.5) is 0 Å². The zero-order chi connectivity index (χ0) is 23.9. The average molecular weight is 460 g/mol. The predicted octanol–water partition coefficient (Wildman–Crippen LogP) is 3.80. The van der Waals surface area contributed by atoms with Crippen LogP contribution in [-0.2, 0) is 20.2 Å². The molecule has 2 heterocycles. The Balaban J connectivity index is 1.49. The van der Waals surface area contributed by atoms with Gasteiger partial charge in [-0.15, -0.1) is 0 Å². The van der Waals surface area contributed by atoms with Gasteiger partial charge in [-0.3, -0.25) is 14.7 Å². The summed E-state index contributed by atoms with van der Waals surface area (Å²) in [6, 6.07) is 15.2. The van der Waals surface area contributed by atoms with Crippen molar-refractivity contribution in [3.63, 3.8) is 0 Å². The minimum atomic E-state index is 0.278. The van der Waals surface area contributed by atoms with Gasteiger partial charge in [0, 0.05) is 32.4 Å². The molecular formula is C24H25N7O3. The summed E-state index contributed by atoms with van der Waals surface area (Å²) < 4.78 is 18.5. The SMILES string of the molecule is C=NN(C=NC)Cc1ccc(-c2noc(-c3cnn(C)c3COc3cccc(OC)c3)n2)cc1. The van der Waals surface area contributed by atoms with E-state index in [0.29, 0.717) is 29.6 Å². The van der Waals surface area contributed by atoms with Gasteiger partial charge in [-0.1, -0.05) is 35.5 Å². The second-order valence-electron chi connectivity index (χ2n) is 7.33. The summed E-state index contributed by atoms with van der Waals surface area (Å²) in [5, 5.41) is 14.1. The molecule has 10 nitrogen and oxygen atoms in total. The highest BCUT2D eigenvalue weighted by molar-refractivity contribution is 5.61. The highest BCUT2D eigenvalue weighted by Crippen LogP contribution is 2.27. The lowest BCUT2D eigenvalue weighted by molar-refractivity contribution is 0.292. The summed E-state index contributed by atoms with van der Waals surface area (Å²) in [7, 11) is 5.15. The summed E-state index contributed by atoms with van der Waals surface area (Å²) in [5.41, 5.74) is 3.40. The molecule has 0 aliphatic rings. The summed E-state index contributed by atoms with van der Waals surface area (Å²) in [4.78, 5) is 8.54. The molecule has 0 radical (unpaired) electrons. The number of ether oxygens (including phenoxy) is 2.